The number of rotatable bonds is 5. The van der Waals surface area contributed by atoms with Crippen LogP contribution in [0.4, 0.5) is 0 Å². The van der Waals surface area contributed by atoms with Crippen LogP contribution in [0.3, 0.4) is 0 Å². The highest BCUT2D eigenvalue weighted by Crippen LogP contribution is 2.45. The van der Waals surface area contributed by atoms with E-state index in [4.69, 9.17) is 4.74 Å². The number of hydrogen-bond donors (Lipinski definition) is 2. The molecule has 0 aromatic carbocycles. The van der Waals surface area contributed by atoms with Gasteiger partial charge in [-0.15, -0.1) is 0 Å². The first kappa shape index (κ1) is 13.4. The van der Waals surface area contributed by atoms with Crippen molar-refractivity contribution in [2.75, 3.05) is 20.2 Å². The van der Waals surface area contributed by atoms with Crippen molar-refractivity contribution in [3.63, 3.8) is 0 Å². The minimum atomic E-state index is 0.0862. The monoisotopic (exact) mass is 266 g/mol. The predicted octanol–water partition coefficient (Wildman–Crippen LogP) is 1.45. The van der Waals surface area contributed by atoms with Crippen LogP contribution in [-0.4, -0.2) is 38.3 Å². The summed E-state index contributed by atoms with van der Waals surface area (Å²) in [5.74, 6) is 0.982. The Morgan fingerprint density at radius 1 is 1.37 bits per heavy atom. The summed E-state index contributed by atoms with van der Waals surface area (Å²) in [4.78, 5) is 12.2. The number of nitrogens with one attached hydrogen (secondary N) is 2. The third kappa shape index (κ3) is 2.52. The van der Waals surface area contributed by atoms with Crippen LogP contribution in [0, 0.1) is 11.3 Å². The molecular weight excluding hydrogens is 240 g/mol. The highest BCUT2D eigenvalue weighted by atomic mass is 16.5. The lowest BCUT2D eigenvalue weighted by Crippen LogP contribution is -2.67. The third-order valence-electron chi connectivity index (χ3n) is 5.51. The van der Waals surface area contributed by atoms with Crippen molar-refractivity contribution in [3.8, 4) is 0 Å². The molecule has 2 N–H and O–H groups in total. The molecule has 1 heterocycles. The van der Waals surface area contributed by atoms with E-state index in [-0.39, 0.29) is 11.9 Å². The van der Waals surface area contributed by atoms with E-state index < -0.39 is 0 Å². The van der Waals surface area contributed by atoms with Crippen LogP contribution in [0.15, 0.2) is 0 Å². The first-order valence-corrected chi connectivity index (χ1v) is 7.77. The van der Waals surface area contributed by atoms with E-state index >= 15 is 0 Å². The minimum absolute atomic E-state index is 0.0862. The molecule has 0 aromatic rings. The number of methoxy groups -OCH3 is 1. The summed E-state index contributed by atoms with van der Waals surface area (Å²) in [5, 5.41) is 6.45. The molecular formula is C15H26N2O2. The number of carbonyl (C=O) groups excluding carboxylic acids is 1. The molecule has 4 heteroatoms. The summed E-state index contributed by atoms with van der Waals surface area (Å²) in [6, 6.07) is 0.0862. The standard InChI is InChI=1S/C15H26N2O2/c1-19-12-8-11(9-12)4-7-16-14(18)13-15(10-17-13)5-2-3-6-15/h11-13,17H,2-10H2,1H3,(H,16,18). The smallest absolute Gasteiger partial charge is 0.237 e. The lowest BCUT2D eigenvalue weighted by atomic mass is 9.71. The molecule has 3 fully saturated rings. The van der Waals surface area contributed by atoms with Gasteiger partial charge in [0.05, 0.1) is 12.1 Å². The largest absolute Gasteiger partial charge is 0.381 e. The molecule has 3 aliphatic rings. The minimum Gasteiger partial charge on any atom is -0.381 e. The van der Waals surface area contributed by atoms with E-state index in [1.54, 1.807) is 7.11 Å². The molecule has 1 amide bonds. The third-order valence-corrected chi connectivity index (χ3v) is 5.51. The molecule has 0 bridgehead atoms. The zero-order valence-electron chi connectivity index (χ0n) is 11.9. The maximum Gasteiger partial charge on any atom is 0.237 e. The van der Waals surface area contributed by atoms with E-state index in [0.717, 1.165) is 38.3 Å². The van der Waals surface area contributed by atoms with Gasteiger partial charge >= 0.3 is 0 Å². The summed E-state index contributed by atoms with van der Waals surface area (Å²) in [6.07, 6.45) is 8.96. The van der Waals surface area contributed by atoms with Gasteiger partial charge in [0, 0.05) is 25.6 Å². The fourth-order valence-corrected chi connectivity index (χ4v) is 4.01. The molecule has 1 saturated heterocycles. The predicted molar refractivity (Wildman–Crippen MR) is 73.8 cm³/mol. The SMILES string of the molecule is COC1CC(CCNC(=O)C2NCC23CCCC3)C1. The van der Waals surface area contributed by atoms with Crippen molar-refractivity contribution >= 4 is 5.91 Å². The molecule has 1 spiro atoms. The van der Waals surface area contributed by atoms with Crippen molar-refractivity contribution < 1.29 is 9.53 Å². The average molecular weight is 266 g/mol. The van der Waals surface area contributed by atoms with Crippen molar-refractivity contribution in [1.82, 2.24) is 10.6 Å². The van der Waals surface area contributed by atoms with Gasteiger partial charge in [0.2, 0.25) is 5.91 Å². The van der Waals surface area contributed by atoms with Gasteiger partial charge in [-0.25, -0.2) is 0 Å². The maximum absolute atomic E-state index is 12.2. The second kappa shape index (κ2) is 5.41. The molecule has 4 nitrogen and oxygen atoms in total. The quantitative estimate of drug-likeness (QED) is 0.792. The topological polar surface area (TPSA) is 50.4 Å². The van der Waals surface area contributed by atoms with Gasteiger partial charge in [-0.3, -0.25) is 4.79 Å². The maximum atomic E-state index is 12.2. The Morgan fingerprint density at radius 3 is 2.68 bits per heavy atom. The number of hydrogen-bond acceptors (Lipinski definition) is 3. The molecule has 1 unspecified atom stereocenters. The van der Waals surface area contributed by atoms with E-state index in [0.29, 0.717) is 11.5 Å². The normalized spacial score (nSPS) is 35.7. The van der Waals surface area contributed by atoms with Crippen molar-refractivity contribution in [3.05, 3.63) is 0 Å². The summed E-state index contributed by atoms with van der Waals surface area (Å²) >= 11 is 0. The fraction of sp³-hybridized carbons (Fsp3) is 0.933. The van der Waals surface area contributed by atoms with E-state index in [1.165, 1.54) is 25.7 Å². The molecule has 3 rings (SSSR count). The first-order chi connectivity index (χ1) is 9.23. The Kier molecular flexibility index (Phi) is 3.81. The highest BCUT2D eigenvalue weighted by Gasteiger charge is 2.51. The summed E-state index contributed by atoms with van der Waals surface area (Å²) < 4.78 is 5.27. The van der Waals surface area contributed by atoms with E-state index in [1.807, 2.05) is 0 Å². The lowest BCUT2D eigenvalue weighted by molar-refractivity contribution is -0.130. The van der Waals surface area contributed by atoms with Crippen molar-refractivity contribution in [1.29, 1.82) is 0 Å². The Morgan fingerprint density at radius 2 is 2.11 bits per heavy atom. The Hall–Kier alpha value is -0.610. The molecule has 1 atom stereocenters. The van der Waals surface area contributed by atoms with Gasteiger partial charge < -0.3 is 15.4 Å². The molecule has 0 aromatic heterocycles. The highest BCUT2D eigenvalue weighted by molar-refractivity contribution is 5.84. The van der Waals surface area contributed by atoms with Gasteiger partial charge in [-0.1, -0.05) is 12.8 Å². The summed E-state index contributed by atoms with van der Waals surface area (Å²) in [5.41, 5.74) is 0.307. The van der Waals surface area contributed by atoms with Crippen LogP contribution in [0.1, 0.15) is 44.9 Å². The van der Waals surface area contributed by atoms with E-state index in [9.17, 15) is 4.79 Å². The van der Waals surface area contributed by atoms with Crippen molar-refractivity contribution in [2.24, 2.45) is 11.3 Å². The second-order valence-corrected chi connectivity index (χ2v) is 6.66. The summed E-state index contributed by atoms with van der Waals surface area (Å²) in [7, 11) is 1.78. The molecule has 108 valence electrons. The lowest BCUT2D eigenvalue weighted by Gasteiger charge is -2.47. The van der Waals surface area contributed by atoms with Gasteiger partial charge in [0.25, 0.3) is 0 Å². The molecule has 0 radical (unpaired) electrons. The van der Waals surface area contributed by atoms with Crippen LogP contribution in [0.2, 0.25) is 0 Å². The van der Waals surface area contributed by atoms with E-state index in [2.05, 4.69) is 10.6 Å². The fourth-order valence-electron chi connectivity index (χ4n) is 4.01. The first-order valence-electron chi connectivity index (χ1n) is 7.77. The average Bonchev–Trinajstić information content (AvgIpc) is 2.82. The number of amides is 1. The second-order valence-electron chi connectivity index (χ2n) is 6.66. The Labute approximate surface area is 115 Å². The van der Waals surface area contributed by atoms with Gasteiger partial charge in [0.15, 0.2) is 0 Å². The van der Waals surface area contributed by atoms with Gasteiger partial charge in [-0.05, 0) is 38.0 Å². The number of ether oxygens (including phenoxy) is 1. The van der Waals surface area contributed by atoms with Crippen LogP contribution in [-0.2, 0) is 9.53 Å². The van der Waals surface area contributed by atoms with Gasteiger partial charge in [-0.2, -0.15) is 0 Å². The zero-order valence-corrected chi connectivity index (χ0v) is 11.9. The van der Waals surface area contributed by atoms with Crippen LogP contribution < -0.4 is 10.6 Å². The number of carbonyl (C=O) groups is 1. The summed E-state index contributed by atoms with van der Waals surface area (Å²) in [6.45, 7) is 1.87. The van der Waals surface area contributed by atoms with Crippen LogP contribution >= 0.6 is 0 Å². The molecule has 1 aliphatic heterocycles. The molecule has 2 saturated carbocycles. The Bertz CT molecular complexity index is 333. The molecule has 2 aliphatic carbocycles. The van der Waals surface area contributed by atoms with Gasteiger partial charge in [0.1, 0.15) is 0 Å². The van der Waals surface area contributed by atoms with Crippen LogP contribution in [0.25, 0.3) is 0 Å². The van der Waals surface area contributed by atoms with Crippen molar-refractivity contribution in [2.45, 2.75) is 57.1 Å². The zero-order chi connectivity index (χ0) is 13.3. The molecule has 19 heavy (non-hydrogen) atoms. The van der Waals surface area contributed by atoms with Crippen LogP contribution in [0.5, 0.6) is 0 Å². The Balaban J connectivity index is 1.36.